The van der Waals surface area contributed by atoms with Crippen molar-refractivity contribution in [2.75, 3.05) is 19.6 Å². The summed E-state index contributed by atoms with van der Waals surface area (Å²) in [5.41, 5.74) is 9.92. The van der Waals surface area contributed by atoms with Crippen molar-refractivity contribution in [3.63, 3.8) is 0 Å². The molecule has 1 aliphatic heterocycles. The van der Waals surface area contributed by atoms with Gasteiger partial charge < -0.3 is 10.6 Å². The molecular weight excluding hydrogens is 328 g/mol. The van der Waals surface area contributed by atoms with Crippen LogP contribution >= 0.6 is 11.3 Å². The zero-order valence-corrected chi connectivity index (χ0v) is 15.9. The highest BCUT2D eigenvalue weighted by Crippen LogP contribution is 2.46. The minimum Gasteiger partial charge on any atom is -0.338 e. The van der Waals surface area contributed by atoms with Gasteiger partial charge >= 0.3 is 0 Å². The van der Waals surface area contributed by atoms with Crippen LogP contribution in [-0.2, 0) is 11.8 Å². The number of rotatable bonds is 2. The van der Waals surface area contributed by atoms with E-state index < -0.39 is 0 Å². The highest BCUT2D eigenvalue weighted by Gasteiger charge is 2.33. The number of thiophene rings is 1. The van der Waals surface area contributed by atoms with Gasteiger partial charge in [-0.05, 0) is 59.9 Å². The molecule has 0 bridgehead atoms. The van der Waals surface area contributed by atoms with Crippen LogP contribution in [0.5, 0.6) is 0 Å². The molecule has 2 aliphatic rings. The maximum atomic E-state index is 13.0. The molecule has 0 radical (unpaired) electrons. The average Bonchev–Trinajstić information content (AvgIpc) is 3.04. The van der Waals surface area contributed by atoms with Crippen molar-refractivity contribution in [1.82, 2.24) is 4.90 Å². The molecule has 1 aromatic heterocycles. The third-order valence-electron chi connectivity index (χ3n) is 5.79. The molecule has 0 saturated carbocycles. The summed E-state index contributed by atoms with van der Waals surface area (Å²) in [5, 5.41) is 0. The summed E-state index contributed by atoms with van der Waals surface area (Å²) < 4.78 is 0. The standard InChI is InChI=1S/C21H26N2OS/c1-21(2)12-15-11-18(20(24)23-9-7-14(13-22)8-10-23)25-19(15)16-5-3-4-6-17(16)21/h3-6,11,14H,7-10,12-13,22H2,1-2H3. The van der Waals surface area contributed by atoms with E-state index in [0.717, 1.165) is 43.8 Å². The molecule has 132 valence electrons. The molecule has 0 unspecified atom stereocenters. The van der Waals surface area contributed by atoms with Gasteiger partial charge in [0.1, 0.15) is 0 Å². The van der Waals surface area contributed by atoms with Gasteiger partial charge in [0.2, 0.25) is 0 Å². The van der Waals surface area contributed by atoms with Crippen molar-refractivity contribution in [3.8, 4) is 10.4 Å². The normalized spacial score (nSPS) is 19.4. The minimum atomic E-state index is 0.116. The van der Waals surface area contributed by atoms with E-state index in [4.69, 9.17) is 5.73 Å². The Bertz CT molecular complexity index is 800. The molecule has 1 saturated heterocycles. The Morgan fingerprint density at radius 2 is 2.00 bits per heavy atom. The van der Waals surface area contributed by atoms with Gasteiger partial charge in [-0.15, -0.1) is 11.3 Å². The summed E-state index contributed by atoms with van der Waals surface area (Å²) in [6.07, 6.45) is 3.06. The van der Waals surface area contributed by atoms with E-state index >= 15 is 0 Å². The smallest absolute Gasteiger partial charge is 0.263 e. The number of piperidine rings is 1. The van der Waals surface area contributed by atoms with Crippen LogP contribution in [0.2, 0.25) is 0 Å². The molecule has 1 amide bonds. The van der Waals surface area contributed by atoms with Gasteiger partial charge in [0, 0.05) is 18.0 Å². The quantitative estimate of drug-likeness (QED) is 0.884. The highest BCUT2D eigenvalue weighted by atomic mass is 32.1. The Hall–Kier alpha value is -1.65. The maximum Gasteiger partial charge on any atom is 0.263 e. The van der Waals surface area contributed by atoms with Gasteiger partial charge in [-0.1, -0.05) is 38.1 Å². The first-order valence-electron chi connectivity index (χ1n) is 9.21. The van der Waals surface area contributed by atoms with Crippen molar-refractivity contribution in [3.05, 3.63) is 46.3 Å². The molecule has 1 fully saturated rings. The van der Waals surface area contributed by atoms with E-state index in [1.54, 1.807) is 11.3 Å². The number of amides is 1. The van der Waals surface area contributed by atoms with Crippen LogP contribution in [0.25, 0.3) is 10.4 Å². The Balaban J connectivity index is 1.64. The number of likely N-dealkylation sites (tertiary alicyclic amines) is 1. The number of nitrogens with two attached hydrogens (primary N) is 1. The van der Waals surface area contributed by atoms with E-state index in [2.05, 4.69) is 44.2 Å². The summed E-state index contributed by atoms with van der Waals surface area (Å²) in [4.78, 5) is 17.2. The zero-order valence-electron chi connectivity index (χ0n) is 15.0. The number of carbonyl (C=O) groups excluding carboxylic acids is 1. The van der Waals surface area contributed by atoms with Gasteiger partial charge in [0.15, 0.2) is 0 Å². The van der Waals surface area contributed by atoms with Crippen LogP contribution in [0, 0.1) is 5.92 Å². The van der Waals surface area contributed by atoms with Crippen molar-refractivity contribution in [1.29, 1.82) is 0 Å². The zero-order chi connectivity index (χ0) is 17.6. The van der Waals surface area contributed by atoms with Crippen LogP contribution in [0.15, 0.2) is 30.3 Å². The van der Waals surface area contributed by atoms with Crippen molar-refractivity contribution in [2.24, 2.45) is 11.7 Å². The largest absolute Gasteiger partial charge is 0.338 e. The van der Waals surface area contributed by atoms with Crippen molar-refractivity contribution >= 4 is 17.2 Å². The molecule has 2 aromatic rings. The number of carbonyl (C=O) groups is 1. The maximum absolute atomic E-state index is 13.0. The number of hydrogen-bond acceptors (Lipinski definition) is 3. The van der Waals surface area contributed by atoms with Crippen molar-refractivity contribution in [2.45, 2.75) is 38.5 Å². The Morgan fingerprint density at radius 3 is 2.72 bits per heavy atom. The molecule has 4 heteroatoms. The highest BCUT2D eigenvalue weighted by molar-refractivity contribution is 7.17. The lowest BCUT2D eigenvalue weighted by atomic mass is 9.73. The second-order valence-corrected chi connectivity index (χ2v) is 9.09. The lowest BCUT2D eigenvalue weighted by molar-refractivity contribution is 0.0698. The van der Waals surface area contributed by atoms with Gasteiger partial charge in [0.25, 0.3) is 5.91 Å². The number of nitrogens with zero attached hydrogens (tertiary/aromatic N) is 1. The Kier molecular flexibility index (Phi) is 4.20. The number of hydrogen-bond donors (Lipinski definition) is 1. The number of fused-ring (bicyclic) bond motifs is 3. The van der Waals surface area contributed by atoms with E-state index in [-0.39, 0.29) is 11.3 Å². The summed E-state index contributed by atoms with van der Waals surface area (Å²) in [6.45, 7) is 7.01. The first-order valence-corrected chi connectivity index (χ1v) is 10.0. The molecule has 2 heterocycles. The molecule has 0 spiro atoms. The van der Waals surface area contributed by atoms with Gasteiger partial charge in [-0.25, -0.2) is 0 Å². The summed E-state index contributed by atoms with van der Waals surface area (Å²) in [5.74, 6) is 0.776. The van der Waals surface area contributed by atoms with E-state index in [0.29, 0.717) is 5.92 Å². The van der Waals surface area contributed by atoms with Crippen LogP contribution in [0.3, 0.4) is 0 Å². The van der Waals surface area contributed by atoms with Gasteiger partial charge in [-0.2, -0.15) is 0 Å². The fraction of sp³-hybridized carbons (Fsp3) is 0.476. The second kappa shape index (κ2) is 6.26. The summed E-state index contributed by atoms with van der Waals surface area (Å²) in [7, 11) is 0. The summed E-state index contributed by atoms with van der Waals surface area (Å²) in [6, 6.07) is 10.8. The predicted octanol–water partition coefficient (Wildman–Crippen LogP) is 4.06. The lowest BCUT2D eigenvalue weighted by Crippen LogP contribution is -2.39. The summed E-state index contributed by atoms with van der Waals surface area (Å²) >= 11 is 1.67. The fourth-order valence-electron chi connectivity index (χ4n) is 4.26. The Labute approximate surface area is 153 Å². The SMILES string of the molecule is CC1(C)Cc2cc(C(=O)N3CCC(CN)CC3)sc2-c2ccccc21. The first-order chi connectivity index (χ1) is 12.0. The minimum absolute atomic E-state index is 0.116. The van der Waals surface area contributed by atoms with Crippen LogP contribution in [0.4, 0.5) is 0 Å². The van der Waals surface area contributed by atoms with Gasteiger partial charge in [0.05, 0.1) is 4.88 Å². The monoisotopic (exact) mass is 354 g/mol. The van der Waals surface area contributed by atoms with Gasteiger partial charge in [-0.3, -0.25) is 4.79 Å². The van der Waals surface area contributed by atoms with Crippen LogP contribution in [0.1, 0.15) is 47.5 Å². The van der Waals surface area contributed by atoms with Crippen LogP contribution in [-0.4, -0.2) is 30.4 Å². The van der Waals surface area contributed by atoms with Crippen LogP contribution < -0.4 is 5.73 Å². The first kappa shape index (κ1) is 16.8. The molecule has 25 heavy (non-hydrogen) atoms. The molecule has 4 rings (SSSR count). The average molecular weight is 355 g/mol. The second-order valence-electron chi connectivity index (χ2n) is 8.04. The van der Waals surface area contributed by atoms with E-state index in [1.807, 2.05) is 4.90 Å². The fourth-order valence-corrected chi connectivity index (χ4v) is 5.45. The lowest BCUT2D eigenvalue weighted by Gasteiger charge is -2.32. The van der Waals surface area contributed by atoms with E-state index in [9.17, 15) is 4.79 Å². The third kappa shape index (κ3) is 2.91. The molecule has 1 aliphatic carbocycles. The molecule has 2 N–H and O–H groups in total. The predicted molar refractivity (Wildman–Crippen MR) is 104 cm³/mol. The molecule has 3 nitrogen and oxygen atoms in total. The van der Waals surface area contributed by atoms with Crippen molar-refractivity contribution < 1.29 is 4.79 Å². The topological polar surface area (TPSA) is 46.3 Å². The Morgan fingerprint density at radius 1 is 1.28 bits per heavy atom. The molecular formula is C21H26N2OS. The number of benzene rings is 1. The molecule has 0 atom stereocenters. The third-order valence-corrected chi connectivity index (χ3v) is 6.99. The molecule has 1 aromatic carbocycles. The van der Waals surface area contributed by atoms with E-state index in [1.165, 1.54) is 21.6 Å².